The van der Waals surface area contributed by atoms with Crippen LogP contribution >= 0.6 is 12.6 Å². The predicted molar refractivity (Wildman–Crippen MR) is 19.9 cm³/mol. The summed E-state index contributed by atoms with van der Waals surface area (Å²) in [5, 5.41) is 8.63. The Balaban J connectivity index is -0.0000000200. The van der Waals surface area contributed by atoms with E-state index in [1.807, 2.05) is 0 Å². The average Bonchev–Trinajstić information content (AvgIpc) is 0.918. The maximum absolute atomic E-state index is 7.18. The Morgan fingerprint density at radius 1 is 1.60 bits per heavy atom. The fourth-order valence-electron chi connectivity index (χ4n) is 0. The first-order valence-corrected chi connectivity index (χ1v) is 0.894. The molecule has 0 rings (SSSR count). The van der Waals surface area contributed by atoms with E-state index in [-0.39, 0.29) is 22.9 Å². The third kappa shape index (κ3) is 244. The van der Waals surface area contributed by atoms with Crippen LogP contribution in [0.5, 0.6) is 0 Å². The van der Waals surface area contributed by atoms with Crippen LogP contribution in [0, 0.1) is 10.7 Å². The van der Waals surface area contributed by atoms with E-state index in [0.29, 0.717) is 0 Å². The van der Waals surface area contributed by atoms with Crippen LogP contribution in [0.2, 0.25) is 0 Å². The van der Waals surface area contributed by atoms with Crippen LogP contribution in [0.4, 0.5) is 0 Å². The minimum Gasteiger partial charge on any atom is -0.693 e. The van der Waals surface area contributed by atoms with Gasteiger partial charge in [-0.05, 0) is 0 Å². The van der Waals surface area contributed by atoms with Gasteiger partial charge >= 0.3 is 0 Å². The molecule has 5 heavy (non-hydrogen) atoms. The molecule has 0 aliphatic heterocycles. The molecule has 0 fully saturated rings. The first-order chi connectivity index (χ1) is 1.41. The summed E-state index contributed by atoms with van der Waals surface area (Å²) in [6.45, 7) is 0. The summed E-state index contributed by atoms with van der Waals surface area (Å²) in [7, 11) is 0. The third-order valence-corrected chi connectivity index (χ3v) is 0. The number of hydrogen-bond donors (Lipinski definition) is 1. The van der Waals surface area contributed by atoms with Crippen molar-refractivity contribution in [2.24, 2.45) is 0 Å². The van der Waals surface area contributed by atoms with Crippen LogP contribution < -0.4 is 0 Å². The predicted octanol–water partition coefficient (Wildman–Crippen LogP) is 1.11. The molecule has 0 aliphatic carbocycles. The molecule has 2 N–H and O–H groups in total. The van der Waals surface area contributed by atoms with E-state index in [1.165, 1.54) is 5.40 Å². The summed E-state index contributed by atoms with van der Waals surface area (Å²) in [6, 6.07) is 0. The Kier molecular flexibility index (Phi) is 102. The molecule has 4 heteroatoms. The van der Waals surface area contributed by atoms with Gasteiger partial charge in [0, 0.05) is 16.8 Å². The number of nitriles is 1. The molecule has 0 amide bonds. The van der Waals surface area contributed by atoms with E-state index in [4.69, 9.17) is 5.26 Å². The zero-order valence-corrected chi connectivity index (χ0v) is 4.24. The van der Waals surface area contributed by atoms with Gasteiger partial charge in [-0.1, -0.05) is 12.6 Å². The largest absolute Gasteiger partial charge is 0.693 e. The second kappa shape index (κ2) is 27.6. The Bertz CT molecular complexity index is 31.1. The maximum atomic E-state index is 7.18. The standard InChI is InChI=1S/CHNS.Co.H2N/c2-1-3;;/h3H;;1H2/q;;-1. The summed E-state index contributed by atoms with van der Waals surface area (Å²) in [4.78, 5) is 0. The summed E-state index contributed by atoms with van der Waals surface area (Å²) >= 11 is 3.09. The van der Waals surface area contributed by atoms with Crippen LogP contribution in [0.3, 0.4) is 0 Å². The van der Waals surface area contributed by atoms with E-state index in [9.17, 15) is 0 Å². The van der Waals surface area contributed by atoms with Crippen molar-refractivity contribution >= 4 is 12.6 Å². The van der Waals surface area contributed by atoms with Gasteiger partial charge in [-0.15, -0.1) is 0 Å². The molecule has 0 unspecified atom stereocenters. The third-order valence-electron chi connectivity index (χ3n) is 0. The van der Waals surface area contributed by atoms with Crippen molar-refractivity contribution in [2.75, 3.05) is 0 Å². The number of nitrogens with zero attached hydrogens (tertiary/aromatic N) is 1. The van der Waals surface area contributed by atoms with Crippen molar-refractivity contribution in [3.05, 3.63) is 6.15 Å². The topological polar surface area (TPSA) is 57.3 Å². The van der Waals surface area contributed by atoms with E-state index < -0.39 is 0 Å². The zero-order valence-electron chi connectivity index (χ0n) is 2.31. The molecule has 0 aliphatic rings. The molecule has 0 aromatic carbocycles. The van der Waals surface area contributed by atoms with Gasteiger partial charge < -0.3 is 6.15 Å². The molecule has 0 atom stereocenters. The molecular weight excluding hydrogens is 131 g/mol. The minimum atomic E-state index is 0. The summed E-state index contributed by atoms with van der Waals surface area (Å²) in [5.74, 6) is 0. The van der Waals surface area contributed by atoms with Crippen LogP contribution in [0.25, 0.3) is 6.15 Å². The molecule has 0 saturated heterocycles. The summed E-state index contributed by atoms with van der Waals surface area (Å²) in [5.41, 5.74) is 0. The number of thiocyanates is 1. The van der Waals surface area contributed by atoms with Gasteiger partial charge in [0.2, 0.25) is 0 Å². The molecule has 33 valence electrons. The molecule has 0 aromatic heterocycles. The number of nitrogens with two attached hydrogens (primary N) is 1. The second-order valence-electron chi connectivity index (χ2n) is 0.100. The first-order valence-electron chi connectivity index (χ1n) is 0.447. The van der Waals surface area contributed by atoms with Gasteiger partial charge in [-0.25, -0.2) is 0 Å². The first kappa shape index (κ1) is 18.5. The van der Waals surface area contributed by atoms with E-state index >= 15 is 0 Å². The number of rotatable bonds is 0. The van der Waals surface area contributed by atoms with Gasteiger partial charge in [0.05, 0.1) is 0 Å². The van der Waals surface area contributed by atoms with Gasteiger partial charge in [0.25, 0.3) is 0 Å². The van der Waals surface area contributed by atoms with Crippen LogP contribution in [-0.4, -0.2) is 0 Å². The van der Waals surface area contributed by atoms with Crippen molar-refractivity contribution in [1.29, 1.82) is 5.26 Å². The number of thiol groups is 1. The average molecular weight is 134 g/mol. The van der Waals surface area contributed by atoms with Gasteiger partial charge in [-0.3, -0.25) is 0 Å². The Hall–Kier alpha value is 0.306. The Labute approximate surface area is 46.7 Å². The molecule has 0 spiro atoms. The Morgan fingerprint density at radius 3 is 1.60 bits per heavy atom. The quantitative estimate of drug-likeness (QED) is 0.391. The molecule has 0 bridgehead atoms. The monoisotopic (exact) mass is 134 g/mol. The van der Waals surface area contributed by atoms with Crippen molar-refractivity contribution in [3.63, 3.8) is 0 Å². The van der Waals surface area contributed by atoms with Crippen molar-refractivity contribution in [3.8, 4) is 5.40 Å². The minimum absolute atomic E-state index is 0. The van der Waals surface area contributed by atoms with Gasteiger partial charge in [0.15, 0.2) is 0 Å². The maximum Gasteiger partial charge on any atom is 0.130 e. The molecule has 2 nitrogen and oxygen atoms in total. The van der Waals surface area contributed by atoms with Gasteiger partial charge in [-0.2, -0.15) is 5.26 Å². The van der Waals surface area contributed by atoms with E-state index in [2.05, 4.69) is 12.6 Å². The number of hydrogen-bond acceptors (Lipinski definition) is 2. The SMILES string of the molecule is N#CS.[Co].[NH2-]. The van der Waals surface area contributed by atoms with Crippen LogP contribution in [0.15, 0.2) is 0 Å². The fraction of sp³-hybridized carbons (Fsp3) is 0. The van der Waals surface area contributed by atoms with Crippen molar-refractivity contribution < 1.29 is 16.8 Å². The van der Waals surface area contributed by atoms with E-state index in [0.717, 1.165) is 0 Å². The second-order valence-corrected chi connectivity index (χ2v) is 0.300. The smallest absolute Gasteiger partial charge is 0.130 e. The fourth-order valence-corrected chi connectivity index (χ4v) is 0. The molecular formula is CH3CoN2S-. The molecule has 0 aromatic rings. The zero-order chi connectivity index (χ0) is 2.71. The van der Waals surface area contributed by atoms with Crippen LogP contribution in [-0.2, 0) is 16.8 Å². The molecule has 0 heterocycles. The Morgan fingerprint density at radius 2 is 1.60 bits per heavy atom. The normalized spacial score (nSPS) is 1.60. The molecule has 1 radical (unpaired) electrons. The summed E-state index contributed by atoms with van der Waals surface area (Å²) < 4.78 is 0. The van der Waals surface area contributed by atoms with Crippen LogP contribution in [0.1, 0.15) is 0 Å². The van der Waals surface area contributed by atoms with Crippen molar-refractivity contribution in [1.82, 2.24) is 0 Å². The van der Waals surface area contributed by atoms with E-state index in [1.54, 1.807) is 0 Å². The van der Waals surface area contributed by atoms with Gasteiger partial charge in [0.1, 0.15) is 5.40 Å². The summed E-state index contributed by atoms with van der Waals surface area (Å²) in [6.07, 6.45) is 0. The van der Waals surface area contributed by atoms with Crippen molar-refractivity contribution in [2.45, 2.75) is 0 Å². The molecule has 0 saturated carbocycles.